The van der Waals surface area contributed by atoms with Gasteiger partial charge in [0.25, 0.3) is 0 Å². The number of nitrogens with one attached hydrogen (secondary N) is 2. The molecule has 0 radical (unpaired) electrons. The summed E-state index contributed by atoms with van der Waals surface area (Å²) in [6.07, 6.45) is 0. The lowest BCUT2D eigenvalue weighted by Crippen LogP contribution is -2.54. The van der Waals surface area contributed by atoms with Crippen molar-refractivity contribution < 1.29 is 13.7 Å². The van der Waals surface area contributed by atoms with Crippen LogP contribution >= 0.6 is 0 Å². The molecule has 1 atom stereocenters. The molecule has 0 spiro atoms. The van der Waals surface area contributed by atoms with Gasteiger partial charge >= 0.3 is 5.97 Å². The number of ether oxygens (including phenoxy) is 1. The van der Waals surface area contributed by atoms with Crippen molar-refractivity contribution in [3.63, 3.8) is 0 Å². The minimum Gasteiger partial charge on any atom is -0.465 e. The van der Waals surface area contributed by atoms with E-state index in [4.69, 9.17) is 9.52 Å². The molecule has 0 aliphatic heterocycles. The molecule has 0 aromatic heterocycles. The van der Waals surface area contributed by atoms with Crippen LogP contribution in [0.15, 0.2) is 23.1 Å². The largest absolute Gasteiger partial charge is 0.465 e. The maximum absolute atomic E-state index is 13.0. The average molecular weight is 343 g/mol. The molecule has 2 N–H and O–H groups in total. The van der Waals surface area contributed by atoms with Crippen LogP contribution in [0, 0.1) is 11.7 Å². The van der Waals surface area contributed by atoms with Gasteiger partial charge in [-0.05, 0) is 23.6 Å². The Balaban J connectivity index is 3.43. The standard InChI is InChI=1S/C15H26N2O3SSi/c1-11-9-8-10-12(13(11)14(18)20-5)21(16,19)17-22(6,7)15(2,3)4/h8-10H,1-7H3,(H2,16,17,19). The first-order valence-corrected chi connectivity index (χ1v) is 11.6. The van der Waals surface area contributed by atoms with Crippen molar-refractivity contribution >= 4 is 24.1 Å². The number of aryl methyl sites for hydroxylation is 1. The highest BCUT2D eigenvalue weighted by molar-refractivity contribution is 7.92. The zero-order chi connectivity index (χ0) is 17.3. The van der Waals surface area contributed by atoms with Gasteiger partial charge in [0.1, 0.15) is 18.2 Å². The minimum atomic E-state index is -3.30. The summed E-state index contributed by atoms with van der Waals surface area (Å²) in [7, 11) is -4.19. The molecule has 0 bridgehead atoms. The fourth-order valence-corrected chi connectivity index (χ4v) is 7.15. The second-order valence-electron chi connectivity index (χ2n) is 6.97. The van der Waals surface area contributed by atoms with E-state index in [1.165, 1.54) is 7.11 Å². The van der Waals surface area contributed by atoms with Crippen LogP contribution in [0.4, 0.5) is 0 Å². The van der Waals surface area contributed by atoms with Crippen LogP contribution in [0.2, 0.25) is 18.1 Å². The summed E-state index contributed by atoms with van der Waals surface area (Å²) in [5.74, 6) is -0.565. The monoisotopic (exact) mass is 342 g/mol. The smallest absolute Gasteiger partial charge is 0.339 e. The molecule has 124 valence electrons. The van der Waals surface area contributed by atoms with E-state index in [0.29, 0.717) is 5.56 Å². The van der Waals surface area contributed by atoms with E-state index < -0.39 is 24.1 Å². The van der Waals surface area contributed by atoms with Crippen molar-refractivity contribution in [2.75, 3.05) is 7.11 Å². The van der Waals surface area contributed by atoms with Gasteiger partial charge in [-0.2, -0.15) is 0 Å². The highest BCUT2D eigenvalue weighted by Gasteiger charge is 2.39. The quantitative estimate of drug-likeness (QED) is 0.647. The number of methoxy groups -OCH3 is 1. The summed E-state index contributed by atoms with van der Waals surface area (Å²) in [6.45, 7) is 12.0. The van der Waals surface area contributed by atoms with Crippen molar-refractivity contribution in [2.45, 2.75) is 50.7 Å². The van der Waals surface area contributed by atoms with E-state index >= 15 is 0 Å². The van der Waals surface area contributed by atoms with Crippen molar-refractivity contribution in [1.82, 2.24) is 4.39 Å². The first-order valence-electron chi connectivity index (χ1n) is 7.09. The molecule has 1 aromatic rings. The molecule has 1 aromatic carbocycles. The number of benzene rings is 1. The van der Waals surface area contributed by atoms with Gasteiger partial charge in [0.05, 0.1) is 17.6 Å². The fraction of sp³-hybridized carbons (Fsp3) is 0.533. The Bertz CT molecular complexity index is 677. The Kier molecular flexibility index (Phi) is 5.26. The van der Waals surface area contributed by atoms with E-state index in [0.717, 1.165) is 0 Å². The summed E-state index contributed by atoms with van der Waals surface area (Å²) >= 11 is 0. The third kappa shape index (κ3) is 3.77. The number of esters is 1. The van der Waals surface area contributed by atoms with E-state index in [-0.39, 0.29) is 15.5 Å². The second kappa shape index (κ2) is 6.14. The molecular weight excluding hydrogens is 316 g/mol. The molecule has 1 rings (SSSR count). The van der Waals surface area contributed by atoms with Crippen LogP contribution in [-0.4, -0.2) is 25.5 Å². The van der Waals surface area contributed by atoms with Gasteiger partial charge in [0.15, 0.2) is 0 Å². The Morgan fingerprint density at radius 1 is 1.32 bits per heavy atom. The Labute approximate surface area is 134 Å². The number of hydrogen-bond acceptors (Lipinski definition) is 4. The van der Waals surface area contributed by atoms with E-state index in [9.17, 15) is 9.00 Å². The summed E-state index contributed by atoms with van der Waals surface area (Å²) in [6, 6.07) is 5.02. The van der Waals surface area contributed by atoms with Gasteiger partial charge in [-0.3, -0.25) is 0 Å². The van der Waals surface area contributed by atoms with Crippen LogP contribution < -0.4 is 4.39 Å². The van der Waals surface area contributed by atoms with E-state index in [1.807, 2.05) is 13.1 Å². The van der Waals surface area contributed by atoms with Crippen molar-refractivity contribution in [3.8, 4) is 0 Å². The molecular formula is C15H26N2O3SSi. The number of rotatable bonds is 4. The Hall–Kier alpha value is -1.18. The van der Waals surface area contributed by atoms with E-state index in [2.05, 4.69) is 25.2 Å². The Morgan fingerprint density at radius 3 is 2.32 bits per heavy atom. The molecule has 7 heteroatoms. The zero-order valence-corrected chi connectivity index (χ0v) is 16.2. The summed E-state index contributed by atoms with van der Waals surface area (Å²) in [4.78, 5) is 12.2. The van der Waals surface area contributed by atoms with Crippen LogP contribution in [0.25, 0.3) is 0 Å². The molecule has 0 saturated carbocycles. The third-order valence-electron chi connectivity index (χ3n) is 4.21. The zero-order valence-electron chi connectivity index (χ0n) is 14.4. The summed E-state index contributed by atoms with van der Waals surface area (Å²) in [5, 5.41) is -0.0774. The highest BCUT2D eigenvalue weighted by Crippen LogP contribution is 2.35. The van der Waals surface area contributed by atoms with Crippen LogP contribution in [-0.2, 0) is 14.7 Å². The number of carbonyl (C=O) groups is 1. The van der Waals surface area contributed by atoms with Gasteiger partial charge in [-0.25, -0.2) is 18.2 Å². The molecule has 1 unspecified atom stereocenters. The van der Waals surface area contributed by atoms with Crippen molar-refractivity contribution in [1.29, 1.82) is 4.78 Å². The van der Waals surface area contributed by atoms with Crippen LogP contribution in [0.3, 0.4) is 0 Å². The van der Waals surface area contributed by atoms with E-state index in [1.54, 1.807) is 25.1 Å². The lowest BCUT2D eigenvalue weighted by Gasteiger charge is -2.37. The predicted molar refractivity (Wildman–Crippen MR) is 92.0 cm³/mol. The maximum atomic E-state index is 13.0. The molecule has 0 heterocycles. The first-order chi connectivity index (χ1) is 9.83. The normalized spacial score (nSPS) is 15.2. The Morgan fingerprint density at radius 2 is 1.86 bits per heavy atom. The SMILES string of the molecule is COC(=O)c1c(C)cccc1S(=N)(=O)N[Si](C)(C)C(C)(C)C. The topological polar surface area (TPSA) is 79.2 Å². The molecule has 0 aliphatic carbocycles. The first kappa shape index (κ1) is 18.9. The average Bonchev–Trinajstić information content (AvgIpc) is 2.35. The second-order valence-corrected chi connectivity index (χ2v) is 14.1. The fourth-order valence-electron chi connectivity index (χ4n) is 1.81. The third-order valence-corrected chi connectivity index (χ3v) is 12.1. The van der Waals surface area contributed by atoms with Gasteiger partial charge in [0.2, 0.25) is 0 Å². The molecule has 0 aliphatic rings. The maximum Gasteiger partial charge on any atom is 0.339 e. The van der Waals surface area contributed by atoms with Gasteiger partial charge in [-0.15, -0.1) is 0 Å². The van der Waals surface area contributed by atoms with Crippen molar-refractivity contribution in [3.05, 3.63) is 29.3 Å². The lowest BCUT2D eigenvalue weighted by atomic mass is 10.1. The van der Waals surface area contributed by atoms with Crippen molar-refractivity contribution in [2.24, 2.45) is 0 Å². The van der Waals surface area contributed by atoms with Crippen LogP contribution in [0.1, 0.15) is 36.7 Å². The van der Waals surface area contributed by atoms with Gasteiger partial charge < -0.3 is 4.74 Å². The minimum absolute atomic E-state index is 0.0774. The van der Waals surface area contributed by atoms with Crippen LogP contribution in [0.5, 0.6) is 0 Å². The molecule has 5 nitrogen and oxygen atoms in total. The highest BCUT2D eigenvalue weighted by atomic mass is 32.2. The van der Waals surface area contributed by atoms with Gasteiger partial charge in [-0.1, -0.05) is 46.0 Å². The molecule has 22 heavy (non-hydrogen) atoms. The molecule has 0 saturated heterocycles. The lowest BCUT2D eigenvalue weighted by molar-refractivity contribution is 0.0595. The molecule has 0 fully saturated rings. The number of carbonyl (C=O) groups excluding carboxylic acids is 1. The molecule has 0 amide bonds. The van der Waals surface area contributed by atoms with Gasteiger partial charge in [0, 0.05) is 0 Å². The summed E-state index contributed by atoms with van der Waals surface area (Å²) < 4.78 is 29.2. The predicted octanol–water partition coefficient (Wildman–Crippen LogP) is 3.70. The number of hydrogen-bond donors (Lipinski definition) is 2. The summed E-state index contributed by atoms with van der Waals surface area (Å²) in [5.41, 5.74) is 0.873.